The summed E-state index contributed by atoms with van der Waals surface area (Å²) >= 11 is 0. The Labute approximate surface area is 157 Å². The molecule has 0 saturated carbocycles. The number of benzene rings is 2. The van der Waals surface area contributed by atoms with Crippen molar-refractivity contribution < 1.29 is 18.7 Å². The minimum Gasteiger partial charge on any atom is -0.497 e. The molecule has 6 nitrogen and oxygen atoms in total. The molecule has 3 aromatic rings. The van der Waals surface area contributed by atoms with Crippen LogP contribution in [0.25, 0.3) is 17.5 Å². The quantitative estimate of drug-likeness (QED) is 0.477. The number of aromatic nitrogens is 2. The SMILES string of the molecule is COc1cccc(/C=C/C(=O)OC(C)c2nnc(-c3cccc(C)c3)o2)c1. The molecule has 0 saturated heterocycles. The second-order valence-corrected chi connectivity index (χ2v) is 6.00. The van der Waals surface area contributed by atoms with Crippen molar-refractivity contribution in [3.63, 3.8) is 0 Å². The number of carbonyl (C=O) groups excluding carboxylic acids is 1. The fourth-order valence-corrected chi connectivity index (χ4v) is 2.47. The fourth-order valence-electron chi connectivity index (χ4n) is 2.47. The lowest BCUT2D eigenvalue weighted by atomic mass is 10.1. The Morgan fingerprint density at radius 2 is 1.96 bits per heavy atom. The van der Waals surface area contributed by atoms with E-state index in [-0.39, 0.29) is 5.89 Å². The van der Waals surface area contributed by atoms with Crippen LogP contribution in [0.3, 0.4) is 0 Å². The molecule has 0 radical (unpaired) electrons. The van der Waals surface area contributed by atoms with Gasteiger partial charge in [-0.1, -0.05) is 29.8 Å². The lowest BCUT2D eigenvalue weighted by Gasteiger charge is -2.07. The largest absolute Gasteiger partial charge is 0.497 e. The lowest BCUT2D eigenvalue weighted by Crippen LogP contribution is -2.06. The molecule has 1 atom stereocenters. The second kappa shape index (κ2) is 8.31. The van der Waals surface area contributed by atoms with Crippen molar-refractivity contribution in [2.75, 3.05) is 7.11 Å². The molecule has 0 aliphatic heterocycles. The first-order valence-corrected chi connectivity index (χ1v) is 8.48. The Kier molecular flexibility index (Phi) is 5.66. The van der Waals surface area contributed by atoms with Gasteiger partial charge in [0.05, 0.1) is 7.11 Å². The van der Waals surface area contributed by atoms with E-state index in [4.69, 9.17) is 13.9 Å². The molecule has 27 heavy (non-hydrogen) atoms. The third-order valence-corrected chi connectivity index (χ3v) is 3.85. The first-order valence-electron chi connectivity index (χ1n) is 8.48. The van der Waals surface area contributed by atoms with E-state index in [0.29, 0.717) is 11.6 Å². The molecule has 6 heteroatoms. The first kappa shape index (κ1) is 18.4. The average molecular weight is 364 g/mol. The summed E-state index contributed by atoms with van der Waals surface area (Å²) < 4.78 is 16.1. The van der Waals surface area contributed by atoms with Crippen molar-refractivity contribution >= 4 is 12.0 Å². The summed E-state index contributed by atoms with van der Waals surface area (Å²) in [5.41, 5.74) is 2.75. The molecule has 1 unspecified atom stereocenters. The van der Waals surface area contributed by atoms with E-state index in [9.17, 15) is 4.79 Å². The zero-order valence-corrected chi connectivity index (χ0v) is 15.4. The summed E-state index contributed by atoms with van der Waals surface area (Å²) in [6, 6.07) is 15.1. The Bertz CT molecular complexity index is 962. The monoisotopic (exact) mass is 364 g/mol. The molecule has 0 aliphatic rings. The van der Waals surface area contributed by atoms with Crippen LogP contribution < -0.4 is 4.74 Å². The Morgan fingerprint density at radius 3 is 2.74 bits per heavy atom. The maximum Gasteiger partial charge on any atom is 0.331 e. The van der Waals surface area contributed by atoms with Gasteiger partial charge in [-0.15, -0.1) is 10.2 Å². The van der Waals surface area contributed by atoms with E-state index in [1.54, 1.807) is 20.1 Å². The second-order valence-electron chi connectivity index (χ2n) is 6.00. The van der Waals surface area contributed by atoms with Crippen LogP contribution in [0.5, 0.6) is 5.75 Å². The van der Waals surface area contributed by atoms with Gasteiger partial charge < -0.3 is 13.9 Å². The minimum atomic E-state index is -0.654. The van der Waals surface area contributed by atoms with Crippen LogP contribution in [0, 0.1) is 6.92 Å². The number of carbonyl (C=O) groups is 1. The topological polar surface area (TPSA) is 74.5 Å². The molecular formula is C21H20N2O4. The summed E-state index contributed by atoms with van der Waals surface area (Å²) in [5, 5.41) is 8.01. The highest BCUT2D eigenvalue weighted by Gasteiger charge is 2.18. The highest BCUT2D eigenvalue weighted by Crippen LogP contribution is 2.23. The van der Waals surface area contributed by atoms with Crippen LogP contribution in [0.2, 0.25) is 0 Å². The Balaban J connectivity index is 1.64. The molecule has 0 N–H and O–H groups in total. The van der Waals surface area contributed by atoms with Gasteiger partial charge in [0.25, 0.3) is 5.89 Å². The van der Waals surface area contributed by atoms with E-state index in [0.717, 1.165) is 16.7 Å². The zero-order chi connectivity index (χ0) is 19.2. The summed E-state index contributed by atoms with van der Waals surface area (Å²) in [6.07, 6.45) is 2.35. The summed E-state index contributed by atoms with van der Waals surface area (Å²) in [7, 11) is 1.59. The smallest absolute Gasteiger partial charge is 0.331 e. The number of rotatable bonds is 6. The van der Waals surface area contributed by atoms with E-state index >= 15 is 0 Å². The van der Waals surface area contributed by atoms with Gasteiger partial charge in [0.1, 0.15) is 5.75 Å². The summed E-state index contributed by atoms with van der Waals surface area (Å²) in [6.45, 7) is 3.67. The predicted molar refractivity (Wildman–Crippen MR) is 101 cm³/mol. The third-order valence-electron chi connectivity index (χ3n) is 3.85. The van der Waals surface area contributed by atoms with Gasteiger partial charge in [0.2, 0.25) is 5.89 Å². The summed E-state index contributed by atoms with van der Waals surface area (Å²) in [5.74, 6) is 0.854. The van der Waals surface area contributed by atoms with Crippen molar-refractivity contribution in [3.05, 3.63) is 71.6 Å². The highest BCUT2D eigenvalue weighted by molar-refractivity contribution is 5.87. The van der Waals surface area contributed by atoms with Gasteiger partial charge in [-0.3, -0.25) is 0 Å². The molecule has 0 aliphatic carbocycles. The molecule has 0 spiro atoms. The van der Waals surface area contributed by atoms with Crippen molar-refractivity contribution in [2.45, 2.75) is 20.0 Å². The average Bonchev–Trinajstić information content (AvgIpc) is 3.17. The number of hydrogen-bond acceptors (Lipinski definition) is 6. The summed E-state index contributed by atoms with van der Waals surface area (Å²) in [4.78, 5) is 12.0. The van der Waals surface area contributed by atoms with Gasteiger partial charge in [-0.05, 0) is 49.8 Å². The number of hydrogen-bond donors (Lipinski definition) is 0. The van der Waals surface area contributed by atoms with Crippen molar-refractivity contribution in [3.8, 4) is 17.2 Å². The number of aryl methyl sites for hydroxylation is 1. The highest BCUT2D eigenvalue weighted by atomic mass is 16.6. The normalized spacial score (nSPS) is 12.1. The van der Waals surface area contributed by atoms with Gasteiger partial charge in [-0.2, -0.15) is 0 Å². The van der Waals surface area contributed by atoms with Gasteiger partial charge in [0.15, 0.2) is 6.10 Å². The van der Waals surface area contributed by atoms with E-state index in [1.165, 1.54) is 6.08 Å². The third kappa shape index (κ3) is 4.82. The van der Waals surface area contributed by atoms with Crippen molar-refractivity contribution in [1.29, 1.82) is 0 Å². The molecule has 2 aromatic carbocycles. The van der Waals surface area contributed by atoms with E-state index in [1.807, 2.05) is 55.5 Å². The predicted octanol–water partition coefficient (Wildman–Crippen LogP) is 4.37. The van der Waals surface area contributed by atoms with Crippen LogP contribution >= 0.6 is 0 Å². The molecule has 0 fully saturated rings. The number of methoxy groups -OCH3 is 1. The minimum absolute atomic E-state index is 0.245. The van der Waals surface area contributed by atoms with Crippen LogP contribution in [-0.2, 0) is 9.53 Å². The van der Waals surface area contributed by atoms with E-state index in [2.05, 4.69) is 10.2 Å². The molecule has 1 aromatic heterocycles. The van der Waals surface area contributed by atoms with E-state index < -0.39 is 12.1 Å². The van der Waals surface area contributed by atoms with Gasteiger partial charge >= 0.3 is 5.97 Å². The lowest BCUT2D eigenvalue weighted by molar-refractivity contribution is -0.143. The molecule has 0 amide bonds. The van der Waals surface area contributed by atoms with Gasteiger partial charge in [0, 0.05) is 11.6 Å². The maximum absolute atomic E-state index is 12.0. The van der Waals surface area contributed by atoms with Crippen LogP contribution in [0.15, 0.2) is 59.0 Å². The van der Waals surface area contributed by atoms with Crippen LogP contribution in [0.1, 0.15) is 30.0 Å². The maximum atomic E-state index is 12.0. The Morgan fingerprint density at radius 1 is 1.15 bits per heavy atom. The molecular weight excluding hydrogens is 344 g/mol. The van der Waals surface area contributed by atoms with Gasteiger partial charge in [-0.25, -0.2) is 4.79 Å². The fraction of sp³-hybridized carbons (Fsp3) is 0.190. The standard InChI is InChI=1S/C21H20N2O4/c1-14-6-4-8-17(12-14)21-23-22-20(27-21)15(2)26-19(24)11-10-16-7-5-9-18(13-16)25-3/h4-13,15H,1-3H3/b11-10+. The zero-order valence-electron chi connectivity index (χ0n) is 15.4. The molecule has 0 bridgehead atoms. The van der Waals surface area contributed by atoms with Crippen molar-refractivity contribution in [1.82, 2.24) is 10.2 Å². The van der Waals surface area contributed by atoms with Crippen molar-refractivity contribution in [2.24, 2.45) is 0 Å². The first-order chi connectivity index (χ1) is 13.0. The number of ether oxygens (including phenoxy) is 2. The molecule has 138 valence electrons. The number of esters is 1. The van der Waals surface area contributed by atoms with Crippen LogP contribution in [-0.4, -0.2) is 23.3 Å². The molecule has 1 heterocycles. The number of nitrogens with zero attached hydrogens (tertiary/aromatic N) is 2. The Hall–Kier alpha value is -3.41. The molecule has 3 rings (SSSR count). The van der Waals surface area contributed by atoms with Crippen LogP contribution in [0.4, 0.5) is 0 Å².